The van der Waals surface area contributed by atoms with Gasteiger partial charge < -0.3 is 20.1 Å². The Hall–Kier alpha value is -3.02. The Bertz CT molecular complexity index is 658. The Morgan fingerprint density at radius 1 is 1.14 bits per heavy atom. The molecule has 0 saturated carbocycles. The molecule has 2 amide bonds. The second-order valence-corrected chi connectivity index (χ2v) is 4.32. The van der Waals surface area contributed by atoms with Crippen LogP contribution in [0.5, 0.6) is 17.2 Å². The van der Waals surface area contributed by atoms with Crippen molar-refractivity contribution in [1.29, 1.82) is 0 Å². The molecule has 0 unspecified atom stereocenters. The highest BCUT2D eigenvalue weighted by Gasteiger charge is 2.08. The predicted octanol–water partition coefficient (Wildman–Crippen LogP) is 2.17. The van der Waals surface area contributed by atoms with Gasteiger partial charge >= 0.3 is 0 Å². The Balaban J connectivity index is 2.13. The van der Waals surface area contributed by atoms with Crippen LogP contribution in [-0.4, -0.2) is 26.0 Å². The lowest BCUT2D eigenvalue weighted by Crippen LogP contribution is -2.27. The third-order valence-corrected chi connectivity index (χ3v) is 2.78. The summed E-state index contributed by atoms with van der Waals surface area (Å²) < 4.78 is 10.9. The number of para-hydroxylation sites is 2. The molecule has 0 fully saturated rings. The SMILES string of the molecule is COc1cccc(Oc2ccccc2NC(=O)CNC=O)c1. The average Bonchev–Trinajstić information content (AvgIpc) is 2.55. The van der Waals surface area contributed by atoms with E-state index in [-0.39, 0.29) is 12.5 Å². The van der Waals surface area contributed by atoms with Gasteiger partial charge in [0.1, 0.15) is 11.5 Å². The van der Waals surface area contributed by atoms with Crippen molar-refractivity contribution in [3.05, 3.63) is 48.5 Å². The van der Waals surface area contributed by atoms with Crippen molar-refractivity contribution < 1.29 is 19.1 Å². The maximum Gasteiger partial charge on any atom is 0.243 e. The van der Waals surface area contributed by atoms with E-state index in [0.717, 1.165) is 0 Å². The van der Waals surface area contributed by atoms with E-state index in [1.54, 1.807) is 43.5 Å². The Kier molecular flexibility index (Phi) is 5.37. The highest BCUT2D eigenvalue weighted by Crippen LogP contribution is 2.30. The van der Waals surface area contributed by atoms with Crippen LogP contribution in [0.1, 0.15) is 0 Å². The lowest BCUT2D eigenvalue weighted by atomic mass is 10.2. The van der Waals surface area contributed by atoms with Crippen LogP contribution >= 0.6 is 0 Å². The maximum absolute atomic E-state index is 11.7. The summed E-state index contributed by atoms with van der Waals surface area (Å²) in [6.45, 7) is -0.100. The lowest BCUT2D eigenvalue weighted by Gasteiger charge is -2.12. The highest BCUT2D eigenvalue weighted by atomic mass is 16.5. The number of carbonyl (C=O) groups is 2. The minimum absolute atomic E-state index is 0.100. The minimum Gasteiger partial charge on any atom is -0.497 e. The van der Waals surface area contributed by atoms with Crippen molar-refractivity contribution in [2.75, 3.05) is 19.0 Å². The van der Waals surface area contributed by atoms with E-state index in [9.17, 15) is 9.59 Å². The number of benzene rings is 2. The number of methoxy groups -OCH3 is 1. The highest BCUT2D eigenvalue weighted by molar-refractivity contribution is 5.94. The van der Waals surface area contributed by atoms with Crippen LogP contribution in [-0.2, 0) is 9.59 Å². The number of hydrogen-bond acceptors (Lipinski definition) is 4. The molecular formula is C16H16N2O4. The molecule has 0 bridgehead atoms. The predicted molar refractivity (Wildman–Crippen MR) is 82.2 cm³/mol. The molecule has 2 N–H and O–H groups in total. The van der Waals surface area contributed by atoms with Crippen LogP contribution < -0.4 is 20.1 Å². The van der Waals surface area contributed by atoms with Crippen molar-refractivity contribution in [2.24, 2.45) is 0 Å². The number of rotatable bonds is 7. The number of ether oxygens (including phenoxy) is 2. The number of hydrogen-bond donors (Lipinski definition) is 2. The van der Waals surface area contributed by atoms with Crippen LogP contribution in [0, 0.1) is 0 Å². The molecule has 0 aromatic heterocycles. The quantitative estimate of drug-likeness (QED) is 0.768. The molecule has 0 aliphatic rings. The summed E-state index contributed by atoms with van der Waals surface area (Å²) in [7, 11) is 1.58. The van der Waals surface area contributed by atoms with E-state index in [1.165, 1.54) is 0 Å². The van der Waals surface area contributed by atoms with E-state index < -0.39 is 0 Å². The van der Waals surface area contributed by atoms with Gasteiger partial charge in [-0.25, -0.2) is 0 Å². The van der Waals surface area contributed by atoms with Crippen LogP contribution in [0.15, 0.2) is 48.5 Å². The average molecular weight is 300 g/mol. The largest absolute Gasteiger partial charge is 0.497 e. The van der Waals surface area contributed by atoms with Gasteiger partial charge in [-0.2, -0.15) is 0 Å². The zero-order valence-electron chi connectivity index (χ0n) is 12.0. The van der Waals surface area contributed by atoms with Gasteiger partial charge in [-0.15, -0.1) is 0 Å². The van der Waals surface area contributed by atoms with E-state index in [2.05, 4.69) is 10.6 Å². The summed E-state index contributed by atoms with van der Waals surface area (Å²) in [5, 5.41) is 4.98. The third-order valence-electron chi connectivity index (χ3n) is 2.78. The lowest BCUT2D eigenvalue weighted by molar-refractivity contribution is -0.118. The number of nitrogens with one attached hydrogen (secondary N) is 2. The first kappa shape index (κ1) is 15.4. The molecule has 0 saturated heterocycles. The second kappa shape index (κ2) is 7.68. The van der Waals surface area contributed by atoms with E-state index in [4.69, 9.17) is 9.47 Å². The number of anilines is 1. The molecule has 0 aliphatic carbocycles. The molecule has 0 aliphatic heterocycles. The monoisotopic (exact) mass is 300 g/mol. The molecule has 0 heterocycles. The zero-order chi connectivity index (χ0) is 15.8. The van der Waals surface area contributed by atoms with E-state index in [1.807, 2.05) is 12.1 Å². The summed E-state index contributed by atoms with van der Waals surface area (Å²) in [6.07, 6.45) is 0.470. The molecule has 6 nitrogen and oxygen atoms in total. The molecule has 22 heavy (non-hydrogen) atoms. The summed E-state index contributed by atoms with van der Waals surface area (Å²) in [4.78, 5) is 21.9. The summed E-state index contributed by atoms with van der Waals surface area (Å²) in [6, 6.07) is 14.2. The molecule has 114 valence electrons. The van der Waals surface area contributed by atoms with Crippen molar-refractivity contribution in [2.45, 2.75) is 0 Å². The zero-order valence-corrected chi connectivity index (χ0v) is 12.0. The van der Waals surface area contributed by atoms with Crippen molar-refractivity contribution in [1.82, 2.24) is 5.32 Å². The van der Waals surface area contributed by atoms with Gasteiger partial charge in [0.15, 0.2) is 5.75 Å². The van der Waals surface area contributed by atoms with Crippen LogP contribution in [0.25, 0.3) is 0 Å². The number of amides is 2. The standard InChI is InChI=1S/C16H16N2O4/c1-21-12-5-4-6-13(9-12)22-15-8-3-2-7-14(15)18-16(20)10-17-11-19/h2-9,11H,10H2,1H3,(H,17,19)(H,18,20). The van der Waals surface area contributed by atoms with Gasteiger partial charge in [-0.1, -0.05) is 18.2 Å². The van der Waals surface area contributed by atoms with Crippen LogP contribution in [0.2, 0.25) is 0 Å². The minimum atomic E-state index is -0.339. The summed E-state index contributed by atoms with van der Waals surface area (Å²) in [5.41, 5.74) is 0.517. The molecule has 0 atom stereocenters. The maximum atomic E-state index is 11.7. The van der Waals surface area contributed by atoms with Crippen molar-refractivity contribution in [3.63, 3.8) is 0 Å². The normalized spacial score (nSPS) is 9.68. The van der Waals surface area contributed by atoms with E-state index in [0.29, 0.717) is 29.3 Å². The van der Waals surface area contributed by atoms with E-state index >= 15 is 0 Å². The summed E-state index contributed by atoms with van der Waals surface area (Å²) in [5.74, 6) is 1.42. The topological polar surface area (TPSA) is 76.7 Å². The van der Waals surface area contributed by atoms with Gasteiger partial charge in [0.2, 0.25) is 12.3 Å². The fourth-order valence-electron chi connectivity index (χ4n) is 1.78. The van der Waals surface area contributed by atoms with Gasteiger partial charge in [0.25, 0.3) is 0 Å². The second-order valence-electron chi connectivity index (χ2n) is 4.32. The third kappa shape index (κ3) is 4.24. The van der Waals surface area contributed by atoms with Gasteiger partial charge in [-0.3, -0.25) is 9.59 Å². The fraction of sp³-hybridized carbons (Fsp3) is 0.125. The molecule has 2 aromatic carbocycles. The van der Waals surface area contributed by atoms with Gasteiger partial charge in [-0.05, 0) is 24.3 Å². The first-order valence-corrected chi connectivity index (χ1v) is 6.60. The first-order chi connectivity index (χ1) is 10.7. The number of carbonyl (C=O) groups excluding carboxylic acids is 2. The summed E-state index contributed by atoms with van der Waals surface area (Å²) >= 11 is 0. The molecule has 2 rings (SSSR count). The molecule has 6 heteroatoms. The first-order valence-electron chi connectivity index (χ1n) is 6.60. The molecule has 0 radical (unpaired) electrons. The van der Waals surface area contributed by atoms with Gasteiger partial charge in [0.05, 0.1) is 19.3 Å². The van der Waals surface area contributed by atoms with Crippen molar-refractivity contribution >= 4 is 18.0 Å². The Morgan fingerprint density at radius 3 is 2.68 bits per heavy atom. The van der Waals surface area contributed by atoms with Gasteiger partial charge in [0, 0.05) is 6.07 Å². The Labute approximate surface area is 128 Å². The Morgan fingerprint density at radius 2 is 1.91 bits per heavy atom. The smallest absolute Gasteiger partial charge is 0.243 e. The van der Waals surface area contributed by atoms with Crippen LogP contribution in [0.4, 0.5) is 5.69 Å². The van der Waals surface area contributed by atoms with Crippen LogP contribution in [0.3, 0.4) is 0 Å². The molecular weight excluding hydrogens is 284 g/mol. The van der Waals surface area contributed by atoms with Crippen molar-refractivity contribution in [3.8, 4) is 17.2 Å². The molecule has 2 aromatic rings. The molecule has 0 spiro atoms. The fourth-order valence-corrected chi connectivity index (χ4v) is 1.78.